The number of ether oxygens (including phenoxy) is 3. The summed E-state index contributed by atoms with van der Waals surface area (Å²) in [6, 6.07) is -0.626. The Hall–Kier alpha value is -0.135. The minimum atomic E-state index is -0.781. The lowest BCUT2D eigenvalue weighted by molar-refractivity contribution is -0.0641. The molecule has 1 aliphatic heterocycles. The molecule has 16 heavy (non-hydrogen) atoms. The second-order valence-corrected chi connectivity index (χ2v) is 4.32. The van der Waals surface area contributed by atoms with E-state index in [1.165, 1.54) is 0 Å². The first-order valence-electron chi connectivity index (χ1n) is 5.53. The molecule has 1 rings (SSSR count). The van der Waals surface area contributed by atoms with Crippen molar-refractivity contribution in [1.82, 2.24) is 0 Å². The molecule has 1 fully saturated rings. The van der Waals surface area contributed by atoms with Gasteiger partial charge in [-0.05, 0) is 20.8 Å². The van der Waals surface area contributed by atoms with Crippen LogP contribution >= 0.6 is 0 Å². The van der Waals surface area contributed by atoms with Crippen molar-refractivity contribution >= 4 is 7.85 Å². The predicted octanol–water partition coefficient (Wildman–Crippen LogP) is -0.644. The highest BCUT2D eigenvalue weighted by atomic mass is 16.6. The highest BCUT2D eigenvalue weighted by molar-refractivity contribution is 6.11. The summed E-state index contributed by atoms with van der Waals surface area (Å²) >= 11 is 0. The summed E-state index contributed by atoms with van der Waals surface area (Å²) in [7, 11) is 5.72. The summed E-state index contributed by atoms with van der Waals surface area (Å²) in [6.45, 7) is 5.68. The number of aliphatic hydroxyl groups is 1. The van der Waals surface area contributed by atoms with Gasteiger partial charge < -0.3 is 25.1 Å². The molecule has 6 heteroatoms. The molecule has 5 nitrogen and oxygen atoms in total. The van der Waals surface area contributed by atoms with Crippen molar-refractivity contribution in [3.05, 3.63) is 0 Å². The standard InChI is InChI=1S/C10H20BNO4/c1-5(2)15-9-8(13)7(16-10(9)11)4-14-6(3)12/h5-10,13H,4,12H2,1-3H3/t6?,7-,8?,9?,10-/m1/s1. The molecular weight excluding hydrogens is 209 g/mol. The SMILES string of the molecule is [B][C@@H]1O[C@H](COC(C)N)C(O)C1OC(C)C. The normalized spacial score (nSPS) is 36.9. The lowest BCUT2D eigenvalue weighted by atomic mass is 9.93. The highest BCUT2D eigenvalue weighted by Crippen LogP contribution is 2.23. The molecule has 5 atom stereocenters. The third-order valence-electron chi connectivity index (χ3n) is 2.33. The summed E-state index contributed by atoms with van der Waals surface area (Å²) in [5.41, 5.74) is 5.44. The van der Waals surface area contributed by atoms with Crippen molar-refractivity contribution in [3.8, 4) is 0 Å². The van der Waals surface area contributed by atoms with E-state index in [0.29, 0.717) is 0 Å². The Morgan fingerprint density at radius 3 is 2.56 bits per heavy atom. The molecule has 1 saturated heterocycles. The molecule has 0 aliphatic carbocycles. The lowest BCUT2D eigenvalue weighted by Gasteiger charge is -2.21. The van der Waals surface area contributed by atoms with Gasteiger partial charge in [-0.15, -0.1) is 0 Å². The Kier molecular flexibility index (Phi) is 5.20. The van der Waals surface area contributed by atoms with Crippen molar-refractivity contribution in [2.24, 2.45) is 5.73 Å². The largest absolute Gasteiger partial charge is 0.388 e. The Balaban J connectivity index is 2.46. The number of aliphatic hydroxyl groups excluding tert-OH is 1. The van der Waals surface area contributed by atoms with Crippen LogP contribution in [0.5, 0.6) is 0 Å². The van der Waals surface area contributed by atoms with Crippen molar-refractivity contribution in [3.63, 3.8) is 0 Å². The number of rotatable bonds is 5. The topological polar surface area (TPSA) is 73.9 Å². The van der Waals surface area contributed by atoms with E-state index in [1.807, 2.05) is 13.8 Å². The maximum absolute atomic E-state index is 9.93. The average Bonchev–Trinajstić information content (AvgIpc) is 2.42. The second-order valence-electron chi connectivity index (χ2n) is 4.32. The van der Waals surface area contributed by atoms with E-state index in [1.54, 1.807) is 6.92 Å². The van der Waals surface area contributed by atoms with Gasteiger partial charge in [-0.3, -0.25) is 0 Å². The molecule has 0 aromatic heterocycles. The minimum Gasteiger partial charge on any atom is -0.388 e. The second kappa shape index (κ2) is 5.98. The zero-order chi connectivity index (χ0) is 12.3. The Morgan fingerprint density at radius 2 is 2.06 bits per heavy atom. The van der Waals surface area contributed by atoms with E-state index in [2.05, 4.69) is 0 Å². The molecule has 0 amide bonds. The lowest BCUT2D eigenvalue weighted by Crippen LogP contribution is -2.39. The summed E-state index contributed by atoms with van der Waals surface area (Å²) in [5, 5.41) is 9.93. The van der Waals surface area contributed by atoms with Gasteiger partial charge in [0, 0.05) is 6.00 Å². The number of hydrogen-bond donors (Lipinski definition) is 2. The van der Waals surface area contributed by atoms with Gasteiger partial charge in [0.05, 0.1) is 12.7 Å². The average molecular weight is 229 g/mol. The summed E-state index contributed by atoms with van der Waals surface area (Å²) in [4.78, 5) is 0. The highest BCUT2D eigenvalue weighted by Gasteiger charge is 2.42. The molecule has 0 aromatic carbocycles. The van der Waals surface area contributed by atoms with Crippen LogP contribution in [-0.4, -0.2) is 56.2 Å². The molecule has 3 N–H and O–H groups in total. The van der Waals surface area contributed by atoms with E-state index >= 15 is 0 Å². The fourth-order valence-electron chi connectivity index (χ4n) is 1.62. The first-order valence-corrected chi connectivity index (χ1v) is 5.53. The molecular formula is C10H20BNO4. The smallest absolute Gasteiger partial charge is 0.112 e. The molecule has 0 saturated carbocycles. The predicted molar refractivity (Wildman–Crippen MR) is 60.0 cm³/mol. The van der Waals surface area contributed by atoms with Crippen LogP contribution in [0.25, 0.3) is 0 Å². The monoisotopic (exact) mass is 229 g/mol. The van der Waals surface area contributed by atoms with Gasteiger partial charge in [-0.1, -0.05) is 0 Å². The molecule has 1 heterocycles. The van der Waals surface area contributed by atoms with Crippen molar-refractivity contribution in [2.45, 2.75) is 57.4 Å². The van der Waals surface area contributed by atoms with Crippen LogP contribution < -0.4 is 5.73 Å². The van der Waals surface area contributed by atoms with E-state index in [-0.39, 0.29) is 12.7 Å². The summed E-state index contributed by atoms with van der Waals surface area (Å²) < 4.78 is 16.0. The molecule has 92 valence electrons. The van der Waals surface area contributed by atoms with Gasteiger partial charge in [0.2, 0.25) is 0 Å². The van der Waals surface area contributed by atoms with Gasteiger partial charge in [0.15, 0.2) is 0 Å². The van der Waals surface area contributed by atoms with Gasteiger partial charge in [0.25, 0.3) is 0 Å². The molecule has 2 radical (unpaired) electrons. The van der Waals surface area contributed by atoms with Crippen LogP contribution in [0.3, 0.4) is 0 Å². The molecule has 1 aliphatic rings. The van der Waals surface area contributed by atoms with Crippen LogP contribution in [0, 0.1) is 0 Å². The molecule has 0 bridgehead atoms. The van der Waals surface area contributed by atoms with Gasteiger partial charge in [-0.2, -0.15) is 0 Å². The maximum atomic E-state index is 9.93. The molecule has 0 aromatic rings. The van der Waals surface area contributed by atoms with Gasteiger partial charge in [-0.25, -0.2) is 0 Å². The van der Waals surface area contributed by atoms with Gasteiger partial charge >= 0.3 is 0 Å². The van der Waals surface area contributed by atoms with Crippen LogP contribution in [0.15, 0.2) is 0 Å². The van der Waals surface area contributed by atoms with Crippen LogP contribution in [0.1, 0.15) is 20.8 Å². The van der Waals surface area contributed by atoms with Crippen molar-refractivity contribution in [1.29, 1.82) is 0 Å². The quantitative estimate of drug-likeness (QED) is 0.484. The number of hydrogen-bond acceptors (Lipinski definition) is 5. The molecule has 3 unspecified atom stereocenters. The fourth-order valence-corrected chi connectivity index (χ4v) is 1.62. The van der Waals surface area contributed by atoms with Gasteiger partial charge in [0.1, 0.15) is 32.4 Å². The Bertz CT molecular complexity index is 215. The van der Waals surface area contributed by atoms with Crippen molar-refractivity contribution < 1.29 is 19.3 Å². The third kappa shape index (κ3) is 3.71. The Morgan fingerprint density at radius 1 is 1.44 bits per heavy atom. The van der Waals surface area contributed by atoms with E-state index in [9.17, 15) is 5.11 Å². The zero-order valence-corrected chi connectivity index (χ0v) is 10.00. The zero-order valence-electron chi connectivity index (χ0n) is 10.00. The van der Waals surface area contributed by atoms with E-state index < -0.39 is 30.5 Å². The first-order chi connectivity index (χ1) is 7.41. The summed E-state index contributed by atoms with van der Waals surface area (Å²) in [6.07, 6.45) is -2.18. The number of nitrogens with two attached hydrogens (primary N) is 1. The summed E-state index contributed by atoms with van der Waals surface area (Å²) in [5.74, 6) is 0. The van der Waals surface area contributed by atoms with Crippen LogP contribution in [0.2, 0.25) is 0 Å². The van der Waals surface area contributed by atoms with E-state index in [4.69, 9.17) is 27.8 Å². The third-order valence-corrected chi connectivity index (χ3v) is 2.33. The maximum Gasteiger partial charge on any atom is 0.112 e. The first kappa shape index (κ1) is 13.9. The fraction of sp³-hybridized carbons (Fsp3) is 1.00. The Labute approximate surface area is 97.6 Å². The molecule has 0 spiro atoms. The minimum absolute atomic E-state index is 0.0117. The van der Waals surface area contributed by atoms with Crippen LogP contribution in [0.4, 0.5) is 0 Å². The van der Waals surface area contributed by atoms with Crippen molar-refractivity contribution in [2.75, 3.05) is 6.61 Å². The van der Waals surface area contributed by atoms with E-state index in [0.717, 1.165) is 0 Å². The van der Waals surface area contributed by atoms with Crippen LogP contribution in [-0.2, 0) is 14.2 Å².